The van der Waals surface area contributed by atoms with Gasteiger partial charge < -0.3 is 14.7 Å². The van der Waals surface area contributed by atoms with Crippen LogP contribution in [0.3, 0.4) is 0 Å². The molecule has 1 aliphatic carbocycles. The van der Waals surface area contributed by atoms with Gasteiger partial charge in [-0.05, 0) is 39.9 Å². The van der Waals surface area contributed by atoms with Crippen molar-refractivity contribution in [3.8, 4) is 0 Å². The number of aromatic nitrogens is 2. The Balaban J connectivity index is 1.87. The van der Waals surface area contributed by atoms with Crippen molar-refractivity contribution >= 4 is 0 Å². The first kappa shape index (κ1) is 14.5. The summed E-state index contributed by atoms with van der Waals surface area (Å²) >= 11 is 0. The fourth-order valence-corrected chi connectivity index (χ4v) is 2.85. The molecule has 1 N–H and O–H groups in total. The lowest BCUT2D eigenvalue weighted by Gasteiger charge is -2.20. The van der Waals surface area contributed by atoms with E-state index in [1.54, 1.807) is 0 Å². The zero-order chi connectivity index (χ0) is 13.7. The van der Waals surface area contributed by atoms with E-state index < -0.39 is 0 Å². The van der Waals surface area contributed by atoms with Gasteiger partial charge in [0.1, 0.15) is 0 Å². The van der Waals surface area contributed by atoms with Crippen molar-refractivity contribution < 1.29 is 4.52 Å². The number of hydrogen-bond acceptors (Lipinski definition) is 5. The minimum atomic E-state index is 0.477. The molecular weight excluding hydrogens is 240 g/mol. The Morgan fingerprint density at radius 2 is 2.11 bits per heavy atom. The first-order chi connectivity index (χ1) is 9.19. The van der Waals surface area contributed by atoms with Gasteiger partial charge in [0.15, 0.2) is 5.82 Å². The molecule has 5 heteroatoms. The molecule has 1 unspecified atom stereocenters. The lowest BCUT2D eigenvalue weighted by Crippen LogP contribution is -2.34. The summed E-state index contributed by atoms with van der Waals surface area (Å²) in [6, 6.07) is 0.477. The van der Waals surface area contributed by atoms with Gasteiger partial charge >= 0.3 is 0 Å². The third-order valence-corrected chi connectivity index (χ3v) is 4.03. The highest BCUT2D eigenvalue weighted by molar-refractivity contribution is 4.92. The number of likely N-dealkylation sites (N-methyl/N-ethyl adjacent to an activating group) is 2. The molecule has 1 aromatic rings. The van der Waals surface area contributed by atoms with Crippen molar-refractivity contribution in [2.75, 3.05) is 27.7 Å². The third-order valence-electron chi connectivity index (χ3n) is 4.03. The summed E-state index contributed by atoms with van der Waals surface area (Å²) in [5.41, 5.74) is 0. The molecule has 0 radical (unpaired) electrons. The van der Waals surface area contributed by atoms with Crippen LogP contribution in [0.1, 0.15) is 37.4 Å². The van der Waals surface area contributed by atoms with Crippen LogP contribution >= 0.6 is 0 Å². The van der Waals surface area contributed by atoms with Crippen molar-refractivity contribution in [1.82, 2.24) is 20.4 Å². The van der Waals surface area contributed by atoms with Gasteiger partial charge in [-0.25, -0.2) is 0 Å². The van der Waals surface area contributed by atoms with Gasteiger partial charge in [-0.2, -0.15) is 4.98 Å². The highest BCUT2D eigenvalue weighted by Gasteiger charge is 2.25. The van der Waals surface area contributed by atoms with E-state index in [0.717, 1.165) is 37.0 Å². The Bertz CT molecular complexity index is 371. The minimum absolute atomic E-state index is 0.477. The summed E-state index contributed by atoms with van der Waals surface area (Å²) in [5, 5.41) is 7.48. The van der Waals surface area contributed by atoms with Gasteiger partial charge in [0.2, 0.25) is 5.89 Å². The summed E-state index contributed by atoms with van der Waals surface area (Å²) in [4.78, 5) is 6.63. The molecule has 5 nitrogen and oxygen atoms in total. The standard InChI is InChI=1S/C14H26N4O/c1-15-12(11-6-4-5-7-11)10-14-16-13(17-19-14)8-9-18(2)3/h11-12,15H,4-10H2,1-3H3. The van der Waals surface area contributed by atoms with E-state index >= 15 is 0 Å². The third kappa shape index (κ3) is 4.28. The van der Waals surface area contributed by atoms with E-state index in [-0.39, 0.29) is 0 Å². The molecule has 1 fully saturated rings. The Morgan fingerprint density at radius 1 is 1.37 bits per heavy atom. The predicted octanol–water partition coefficient (Wildman–Crippen LogP) is 1.49. The summed E-state index contributed by atoms with van der Waals surface area (Å²) in [6.07, 6.45) is 7.09. The Labute approximate surface area is 115 Å². The van der Waals surface area contributed by atoms with Gasteiger partial charge in [0.25, 0.3) is 0 Å². The maximum atomic E-state index is 5.37. The molecule has 0 bridgehead atoms. The maximum Gasteiger partial charge on any atom is 0.228 e. The molecule has 0 spiro atoms. The van der Waals surface area contributed by atoms with E-state index in [1.807, 2.05) is 7.05 Å². The van der Waals surface area contributed by atoms with Crippen LogP contribution in [0.5, 0.6) is 0 Å². The molecule has 1 heterocycles. The Kier molecular flexibility index (Phi) is 5.34. The second-order valence-electron chi connectivity index (χ2n) is 5.80. The Hall–Kier alpha value is -0.940. The van der Waals surface area contributed by atoms with Gasteiger partial charge in [-0.1, -0.05) is 18.0 Å². The monoisotopic (exact) mass is 266 g/mol. The van der Waals surface area contributed by atoms with Crippen molar-refractivity contribution in [2.45, 2.75) is 44.6 Å². The SMILES string of the molecule is CNC(Cc1nc(CCN(C)C)no1)C1CCCC1. The average Bonchev–Trinajstić information content (AvgIpc) is 3.05. The van der Waals surface area contributed by atoms with Crippen LogP contribution in [0.2, 0.25) is 0 Å². The van der Waals surface area contributed by atoms with Crippen LogP contribution in [0.25, 0.3) is 0 Å². The molecule has 0 aromatic carbocycles. The summed E-state index contributed by atoms with van der Waals surface area (Å²) in [7, 11) is 6.14. The normalized spacial score (nSPS) is 18.3. The lowest BCUT2D eigenvalue weighted by atomic mass is 9.95. The molecule has 0 amide bonds. The predicted molar refractivity (Wildman–Crippen MR) is 75.1 cm³/mol. The number of nitrogens with one attached hydrogen (secondary N) is 1. The first-order valence-corrected chi connectivity index (χ1v) is 7.32. The van der Waals surface area contributed by atoms with E-state index in [0.29, 0.717) is 6.04 Å². The topological polar surface area (TPSA) is 54.2 Å². The van der Waals surface area contributed by atoms with Gasteiger partial charge in [-0.15, -0.1) is 0 Å². The minimum Gasteiger partial charge on any atom is -0.339 e. The number of nitrogens with zero attached hydrogens (tertiary/aromatic N) is 3. The molecular formula is C14H26N4O. The van der Waals surface area contributed by atoms with Crippen LogP contribution in [-0.2, 0) is 12.8 Å². The fraction of sp³-hybridized carbons (Fsp3) is 0.857. The van der Waals surface area contributed by atoms with Crippen molar-refractivity contribution in [3.63, 3.8) is 0 Å². The van der Waals surface area contributed by atoms with E-state index in [2.05, 4.69) is 34.5 Å². The summed E-state index contributed by atoms with van der Waals surface area (Å²) in [6.45, 7) is 0.955. The molecule has 1 aromatic heterocycles. The van der Waals surface area contributed by atoms with Gasteiger partial charge in [0.05, 0.1) is 0 Å². The molecule has 1 atom stereocenters. The van der Waals surface area contributed by atoms with Crippen molar-refractivity contribution in [1.29, 1.82) is 0 Å². The molecule has 108 valence electrons. The molecule has 2 rings (SSSR count). The summed E-state index contributed by atoms with van der Waals surface area (Å²) < 4.78 is 5.37. The second kappa shape index (κ2) is 7.01. The van der Waals surface area contributed by atoms with Gasteiger partial charge in [-0.3, -0.25) is 0 Å². The first-order valence-electron chi connectivity index (χ1n) is 7.32. The van der Waals surface area contributed by atoms with Crippen LogP contribution in [0, 0.1) is 5.92 Å². The second-order valence-corrected chi connectivity index (χ2v) is 5.80. The van der Waals surface area contributed by atoms with E-state index in [4.69, 9.17) is 4.52 Å². The van der Waals surface area contributed by atoms with Crippen LogP contribution in [0.4, 0.5) is 0 Å². The summed E-state index contributed by atoms with van der Waals surface area (Å²) in [5.74, 6) is 2.37. The van der Waals surface area contributed by atoms with Crippen molar-refractivity contribution in [2.24, 2.45) is 5.92 Å². The quantitative estimate of drug-likeness (QED) is 0.810. The van der Waals surface area contributed by atoms with Crippen LogP contribution in [-0.4, -0.2) is 48.8 Å². The maximum absolute atomic E-state index is 5.37. The average molecular weight is 266 g/mol. The number of hydrogen-bond donors (Lipinski definition) is 1. The largest absolute Gasteiger partial charge is 0.339 e. The molecule has 1 aliphatic rings. The zero-order valence-corrected chi connectivity index (χ0v) is 12.4. The van der Waals surface area contributed by atoms with Crippen LogP contribution in [0.15, 0.2) is 4.52 Å². The van der Waals surface area contributed by atoms with E-state index in [1.165, 1.54) is 25.7 Å². The highest BCUT2D eigenvalue weighted by atomic mass is 16.5. The number of rotatable bonds is 7. The molecule has 19 heavy (non-hydrogen) atoms. The molecule has 0 saturated heterocycles. The van der Waals surface area contributed by atoms with Gasteiger partial charge in [0, 0.05) is 25.4 Å². The fourth-order valence-electron chi connectivity index (χ4n) is 2.85. The molecule has 0 aliphatic heterocycles. The highest BCUT2D eigenvalue weighted by Crippen LogP contribution is 2.28. The zero-order valence-electron chi connectivity index (χ0n) is 12.4. The lowest BCUT2D eigenvalue weighted by molar-refractivity contribution is 0.316. The van der Waals surface area contributed by atoms with Crippen LogP contribution < -0.4 is 5.32 Å². The van der Waals surface area contributed by atoms with E-state index in [9.17, 15) is 0 Å². The Morgan fingerprint density at radius 3 is 2.74 bits per heavy atom. The smallest absolute Gasteiger partial charge is 0.228 e. The van der Waals surface area contributed by atoms with Crippen molar-refractivity contribution in [3.05, 3.63) is 11.7 Å². The molecule has 1 saturated carbocycles.